The Morgan fingerprint density at radius 2 is 1.93 bits per heavy atom. The van der Waals surface area contributed by atoms with Gasteiger partial charge >= 0.3 is 0 Å². The van der Waals surface area contributed by atoms with Gasteiger partial charge in [-0.3, -0.25) is 0 Å². The maximum atomic E-state index is 12.1. The van der Waals surface area contributed by atoms with E-state index in [0.717, 1.165) is 5.56 Å². The molecule has 1 saturated heterocycles. The second kappa shape index (κ2) is 7.64. The third kappa shape index (κ3) is 3.67. The summed E-state index contributed by atoms with van der Waals surface area (Å²) < 4.78 is 33.7. The number of hydrogen-bond donors (Lipinski definition) is 0. The molecule has 1 aliphatic rings. The fraction of sp³-hybridized carbons (Fsp3) is 0.500. The van der Waals surface area contributed by atoms with Gasteiger partial charge in [0.15, 0.2) is 11.2 Å². The molecule has 0 aromatic carbocycles. The molecule has 3 aromatic rings. The molecule has 0 radical (unpaired) electrons. The van der Waals surface area contributed by atoms with Crippen LogP contribution in [0.25, 0.3) is 22.6 Å². The van der Waals surface area contributed by atoms with Gasteiger partial charge < -0.3 is 9.30 Å². The Hall–Kier alpha value is -2.66. The first-order chi connectivity index (χ1) is 13.9. The molecule has 10 nitrogen and oxygen atoms in total. The predicted octanol–water partition coefficient (Wildman–Crippen LogP) is 1.41. The van der Waals surface area contributed by atoms with Crippen LogP contribution in [0.5, 0.6) is 5.88 Å². The molecule has 1 fully saturated rings. The van der Waals surface area contributed by atoms with Crippen molar-refractivity contribution in [1.82, 2.24) is 33.8 Å². The Balaban J connectivity index is 1.67. The van der Waals surface area contributed by atoms with Gasteiger partial charge in [-0.15, -0.1) is 0 Å². The lowest BCUT2D eigenvalue weighted by Gasteiger charge is -2.15. The van der Waals surface area contributed by atoms with Crippen molar-refractivity contribution < 1.29 is 13.2 Å². The second-order valence-electron chi connectivity index (χ2n) is 6.84. The van der Waals surface area contributed by atoms with E-state index in [1.54, 1.807) is 19.3 Å². The minimum absolute atomic E-state index is 0.0837. The smallest absolute Gasteiger partial charge is 0.245 e. The molecule has 0 bridgehead atoms. The molecule has 154 valence electrons. The van der Waals surface area contributed by atoms with Gasteiger partial charge in [0.2, 0.25) is 15.9 Å². The van der Waals surface area contributed by atoms with Gasteiger partial charge in [0.25, 0.3) is 0 Å². The monoisotopic (exact) mass is 417 g/mol. The zero-order chi connectivity index (χ0) is 20.6. The lowest BCUT2D eigenvalue weighted by molar-refractivity contribution is 0.209. The summed E-state index contributed by atoms with van der Waals surface area (Å²) in [5.41, 5.74) is 1.98. The molecule has 0 saturated carbocycles. The zero-order valence-corrected chi connectivity index (χ0v) is 17.4. The second-order valence-corrected chi connectivity index (χ2v) is 9.09. The van der Waals surface area contributed by atoms with Crippen LogP contribution in [0.2, 0.25) is 0 Å². The number of ether oxygens (including phenoxy) is 1. The maximum Gasteiger partial charge on any atom is 0.245 e. The van der Waals surface area contributed by atoms with Gasteiger partial charge in [-0.05, 0) is 27.2 Å². The van der Waals surface area contributed by atoms with Crippen molar-refractivity contribution >= 4 is 21.2 Å². The van der Waals surface area contributed by atoms with Crippen molar-refractivity contribution in [3.8, 4) is 17.3 Å². The number of aromatic nitrogens is 6. The Labute approximate surface area is 169 Å². The molecule has 29 heavy (non-hydrogen) atoms. The molecule has 11 heteroatoms. The Morgan fingerprint density at radius 1 is 1.17 bits per heavy atom. The van der Waals surface area contributed by atoms with Gasteiger partial charge in [-0.1, -0.05) is 0 Å². The molecule has 1 atom stereocenters. The minimum atomic E-state index is -3.22. The fourth-order valence-electron chi connectivity index (χ4n) is 3.42. The van der Waals surface area contributed by atoms with Crippen molar-refractivity contribution in [1.29, 1.82) is 0 Å². The first-order valence-corrected chi connectivity index (χ1v) is 11.2. The molecule has 4 rings (SSSR count). The number of hydrogen-bond acceptors (Lipinski definition) is 8. The van der Waals surface area contributed by atoms with E-state index in [1.807, 2.05) is 18.4 Å². The zero-order valence-electron chi connectivity index (χ0n) is 16.6. The SMILES string of the molecule is CCn1c(-c2cnc(C)nc2)nc2c(OC3CCN(S(=O)(=O)CC)C3)ncnc21. The van der Waals surface area contributed by atoms with Gasteiger partial charge in [0.05, 0.1) is 17.9 Å². The van der Waals surface area contributed by atoms with Crippen LogP contribution in [0.15, 0.2) is 18.7 Å². The summed E-state index contributed by atoms with van der Waals surface area (Å²) in [6, 6.07) is 0. The van der Waals surface area contributed by atoms with Gasteiger partial charge in [0, 0.05) is 25.5 Å². The van der Waals surface area contributed by atoms with E-state index < -0.39 is 10.0 Å². The number of aryl methyl sites for hydroxylation is 2. The molecule has 0 spiro atoms. The Morgan fingerprint density at radius 3 is 2.62 bits per heavy atom. The van der Waals surface area contributed by atoms with Crippen LogP contribution in [0.3, 0.4) is 0 Å². The van der Waals surface area contributed by atoms with Gasteiger partial charge in [-0.2, -0.15) is 9.29 Å². The van der Waals surface area contributed by atoms with E-state index in [9.17, 15) is 8.42 Å². The number of rotatable bonds is 6. The molecular weight excluding hydrogens is 394 g/mol. The Kier molecular flexibility index (Phi) is 5.17. The van der Waals surface area contributed by atoms with Gasteiger partial charge in [-0.25, -0.2) is 28.4 Å². The standard InChI is InChI=1S/C18H23N7O3S/c1-4-25-16(13-8-19-12(3)20-9-13)23-15-17(25)21-11-22-18(15)28-14-6-7-24(10-14)29(26,27)5-2/h8-9,11,14H,4-7,10H2,1-3H3. The van der Waals surface area contributed by atoms with Gasteiger partial charge in [0.1, 0.15) is 24.1 Å². The lowest BCUT2D eigenvalue weighted by atomic mass is 10.3. The molecule has 4 heterocycles. The first kappa shape index (κ1) is 19.6. The van der Waals surface area contributed by atoms with Crippen molar-refractivity contribution in [2.75, 3.05) is 18.8 Å². The average molecular weight is 417 g/mol. The van der Waals surface area contributed by atoms with Crippen molar-refractivity contribution in [2.24, 2.45) is 0 Å². The largest absolute Gasteiger partial charge is 0.471 e. The van der Waals surface area contributed by atoms with E-state index in [1.165, 1.54) is 10.6 Å². The highest BCUT2D eigenvalue weighted by molar-refractivity contribution is 7.89. The molecular formula is C18H23N7O3S. The molecule has 1 aliphatic heterocycles. The molecule has 3 aromatic heterocycles. The van der Waals surface area contributed by atoms with E-state index >= 15 is 0 Å². The van der Waals surface area contributed by atoms with E-state index in [0.29, 0.717) is 54.7 Å². The number of nitrogens with zero attached hydrogens (tertiary/aromatic N) is 7. The van der Waals surface area contributed by atoms with Crippen molar-refractivity contribution in [2.45, 2.75) is 39.8 Å². The maximum absolute atomic E-state index is 12.1. The summed E-state index contributed by atoms with van der Waals surface area (Å²) >= 11 is 0. The summed E-state index contributed by atoms with van der Waals surface area (Å²) in [6.07, 6.45) is 5.24. The number of fused-ring (bicyclic) bond motifs is 1. The Bertz CT molecular complexity index is 1130. The fourth-order valence-corrected chi connectivity index (χ4v) is 4.56. The van der Waals surface area contributed by atoms with Crippen LogP contribution in [-0.2, 0) is 16.6 Å². The average Bonchev–Trinajstić information content (AvgIpc) is 3.34. The van der Waals surface area contributed by atoms with E-state index in [4.69, 9.17) is 9.72 Å². The van der Waals surface area contributed by atoms with E-state index in [2.05, 4.69) is 19.9 Å². The summed E-state index contributed by atoms with van der Waals surface area (Å²) in [5.74, 6) is 1.82. The summed E-state index contributed by atoms with van der Waals surface area (Å²) in [4.78, 5) is 21.9. The van der Waals surface area contributed by atoms with Crippen LogP contribution >= 0.6 is 0 Å². The summed E-state index contributed by atoms with van der Waals surface area (Å²) in [6.45, 7) is 6.90. The molecule has 0 amide bonds. The summed E-state index contributed by atoms with van der Waals surface area (Å²) in [5, 5.41) is 0. The number of imidazole rings is 1. The highest BCUT2D eigenvalue weighted by atomic mass is 32.2. The molecule has 0 N–H and O–H groups in total. The minimum Gasteiger partial charge on any atom is -0.471 e. The topological polar surface area (TPSA) is 116 Å². The lowest BCUT2D eigenvalue weighted by Crippen LogP contribution is -2.32. The van der Waals surface area contributed by atoms with Crippen molar-refractivity contribution in [3.05, 3.63) is 24.5 Å². The molecule has 1 unspecified atom stereocenters. The highest BCUT2D eigenvalue weighted by Gasteiger charge is 2.32. The number of sulfonamides is 1. The molecule has 0 aliphatic carbocycles. The van der Waals surface area contributed by atoms with Crippen LogP contribution in [0.1, 0.15) is 26.1 Å². The van der Waals surface area contributed by atoms with Crippen molar-refractivity contribution in [3.63, 3.8) is 0 Å². The third-order valence-electron chi connectivity index (χ3n) is 5.00. The quantitative estimate of drug-likeness (QED) is 0.591. The van der Waals surface area contributed by atoms with Crippen LogP contribution in [-0.4, -0.2) is 67.2 Å². The predicted molar refractivity (Wildman–Crippen MR) is 107 cm³/mol. The van der Waals surface area contributed by atoms with Crippen LogP contribution in [0, 0.1) is 6.92 Å². The highest BCUT2D eigenvalue weighted by Crippen LogP contribution is 2.29. The van der Waals surface area contributed by atoms with E-state index in [-0.39, 0.29) is 11.9 Å². The van der Waals surface area contributed by atoms with Crippen LogP contribution < -0.4 is 4.74 Å². The first-order valence-electron chi connectivity index (χ1n) is 9.57. The summed E-state index contributed by atoms with van der Waals surface area (Å²) in [7, 11) is -3.22. The normalized spacial score (nSPS) is 17.8. The third-order valence-corrected chi connectivity index (χ3v) is 6.85. The van der Waals surface area contributed by atoms with Crippen LogP contribution in [0.4, 0.5) is 0 Å².